The molecule has 2 aromatic rings. The molecule has 0 bridgehead atoms. The average Bonchev–Trinajstić information content (AvgIpc) is 3.16. The summed E-state index contributed by atoms with van der Waals surface area (Å²) in [5.74, 6) is 1.09. The van der Waals surface area contributed by atoms with E-state index in [9.17, 15) is 4.79 Å². The molecule has 0 spiro atoms. The number of nitrogens with zero attached hydrogens (tertiary/aromatic N) is 3. The van der Waals surface area contributed by atoms with Crippen LogP contribution in [0.15, 0.2) is 48.8 Å². The fourth-order valence-electron chi connectivity index (χ4n) is 3.15. The van der Waals surface area contributed by atoms with Crippen LogP contribution in [0.2, 0.25) is 0 Å². The van der Waals surface area contributed by atoms with Gasteiger partial charge in [0.2, 0.25) is 5.91 Å². The summed E-state index contributed by atoms with van der Waals surface area (Å²) in [5.41, 5.74) is 1.25. The van der Waals surface area contributed by atoms with E-state index in [2.05, 4.69) is 17.0 Å². The van der Waals surface area contributed by atoms with Crippen LogP contribution in [0.1, 0.15) is 18.5 Å². The van der Waals surface area contributed by atoms with E-state index >= 15 is 0 Å². The van der Waals surface area contributed by atoms with Crippen LogP contribution in [-0.2, 0) is 11.3 Å². The Morgan fingerprint density at radius 1 is 1.12 bits per heavy atom. The summed E-state index contributed by atoms with van der Waals surface area (Å²) in [7, 11) is 1.69. The van der Waals surface area contributed by atoms with Crippen LogP contribution in [0, 0.1) is 0 Å². The van der Waals surface area contributed by atoms with Gasteiger partial charge in [-0.15, -0.1) is 0 Å². The zero-order valence-corrected chi connectivity index (χ0v) is 14.4. The molecule has 1 fully saturated rings. The van der Waals surface area contributed by atoms with Crippen LogP contribution in [-0.4, -0.2) is 53.6 Å². The van der Waals surface area contributed by atoms with Gasteiger partial charge < -0.3 is 14.2 Å². The topological polar surface area (TPSA) is 37.7 Å². The van der Waals surface area contributed by atoms with Gasteiger partial charge in [0.15, 0.2) is 0 Å². The Kier molecular flexibility index (Phi) is 5.20. The van der Waals surface area contributed by atoms with Crippen molar-refractivity contribution < 1.29 is 9.53 Å². The maximum Gasteiger partial charge on any atom is 0.245 e. The van der Waals surface area contributed by atoms with Crippen molar-refractivity contribution in [1.29, 1.82) is 0 Å². The molecule has 128 valence electrons. The van der Waals surface area contributed by atoms with Crippen LogP contribution < -0.4 is 4.74 Å². The lowest BCUT2D eigenvalue weighted by atomic mass is 10.1. The predicted molar refractivity (Wildman–Crippen MR) is 94.0 cm³/mol. The smallest absolute Gasteiger partial charge is 0.245 e. The number of carbonyl (C=O) groups is 1. The highest BCUT2D eigenvalue weighted by Crippen LogP contribution is 2.17. The van der Waals surface area contributed by atoms with Crippen molar-refractivity contribution in [3.05, 3.63) is 54.4 Å². The number of aromatic nitrogens is 1. The van der Waals surface area contributed by atoms with E-state index in [4.69, 9.17) is 4.74 Å². The number of hydrogen-bond acceptors (Lipinski definition) is 3. The molecule has 1 aliphatic rings. The lowest BCUT2D eigenvalue weighted by Gasteiger charge is -2.36. The molecule has 3 rings (SSSR count). The number of amides is 1. The van der Waals surface area contributed by atoms with Gasteiger partial charge in [0, 0.05) is 45.1 Å². The van der Waals surface area contributed by atoms with Crippen LogP contribution in [0.4, 0.5) is 0 Å². The molecule has 0 aliphatic carbocycles. The summed E-state index contributed by atoms with van der Waals surface area (Å²) >= 11 is 0. The van der Waals surface area contributed by atoms with E-state index in [1.54, 1.807) is 7.11 Å². The Morgan fingerprint density at radius 3 is 2.50 bits per heavy atom. The molecular formula is C19H25N3O2. The summed E-state index contributed by atoms with van der Waals surface area (Å²) in [4.78, 5) is 17.0. The Labute approximate surface area is 143 Å². The lowest BCUT2D eigenvalue weighted by Crippen LogP contribution is -2.49. The third-order valence-corrected chi connectivity index (χ3v) is 4.66. The third-order valence-electron chi connectivity index (χ3n) is 4.66. The molecule has 0 unspecified atom stereocenters. The molecule has 5 nitrogen and oxygen atoms in total. The summed E-state index contributed by atoms with van der Waals surface area (Å²) in [6.07, 6.45) is 3.89. The molecule has 1 aliphatic heterocycles. The quantitative estimate of drug-likeness (QED) is 0.846. The van der Waals surface area contributed by atoms with Crippen molar-refractivity contribution in [3.8, 4) is 5.75 Å². The van der Waals surface area contributed by atoms with Crippen LogP contribution >= 0.6 is 0 Å². The third kappa shape index (κ3) is 3.79. The number of ether oxygens (including phenoxy) is 1. The first-order valence-corrected chi connectivity index (χ1v) is 8.44. The van der Waals surface area contributed by atoms with E-state index < -0.39 is 0 Å². The molecular weight excluding hydrogens is 302 g/mol. The Hall–Kier alpha value is -2.27. The van der Waals surface area contributed by atoms with Gasteiger partial charge in [-0.05, 0) is 36.8 Å². The zero-order chi connectivity index (χ0) is 16.9. The predicted octanol–water partition coefficient (Wildman–Crippen LogP) is 2.40. The second-order valence-electron chi connectivity index (χ2n) is 6.26. The average molecular weight is 327 g/mol. The van der Waals surface area contributed by atoms with Gasteiger partial charge in [-0.1, -0.05) is 12.1 Å². The number of rotatable bonds is 5. The summed E-state index contributed by atoms with van der Waals surface area (Å²) < 4.78 is 7.24. The van der Waals surface area contributed by atoms with Crippen molar-refractivity contribution in [1.82, 2.24) is 14.4 Å². The van der Waals surface area contributed by atoms with Crippen molar-refractivity contribution in [2.75, 3.05) is 33.3 Å². The molecule has 0 saturated carbocycles. The SMILES string of the molecule is COc1cccc(CN2CCN(C(=O)[C@H](C)n3cccc3)CC2)c1. The zero-order valence-electron chi connectivity index (χ0n) is 14.4. The van der Waals surface area contributed by atoms with Gasteiger partial charge >= 0.3 is 0 Å². The molecule has 1 amide bonds. The van der Waals surface area contributed by atoms with Gasteiger partial charge in [-0.25, -0.2) is 0 Å². The lowest BCUT2D eigenvalue weighted by molar-refractivity contribution is -0.136. The highest BCUT2D eigenvalue weighted by atomic mass is 16.5. The number of piperazine rings is 1. The second kappa shape index (κ2) is 7.53. The molecule has 1 atom stereocenters. The van der Waals surface area contributed by atoms with Gasteiger partial charge in [-0.3, -0.25) is 9.69 Å². The maximum absolute atomic E-state index is 12.6. The number of methoxy groups -OCH3 is 1. The summed E-state index contributed by atoms with van der Waals surface area (Å²) in [6, 6.07) is 11.9. The molecule has 2 heterocycles. The molecule has 1 saturated heterocycles. The maximum atomic E-state index is 12.6. The van der Waals surface area contributed by atoms with Crippen molar-refractivity contribution in [2.24, 2.45) is 0 Å². The molecule has 0 radical (unpaired) electrons. The van der Waals surface area contributed by atoms with Gasteiger partial charge in [0.1, 0.15) is 11.8 Å². The van der Waals surface area contributed by atoms with Gasteiger partial charge in [0.25, 0.3) is 0 Å². The number of hydrogen-bond donors (Lipinski definition) is 0. The van der Waals surface area contributed by atoms with Gasteiger partial charge in [-0.2, -0.15) is 0 Å². The first-order valence-electron chi connectivity index (χ1n) is 8.44. The minimum absolute atomic E-state index is 0.134. The van der Waals surface area contributed by atoms with E-state index in [-0.39, 0.29) is 11.9 Å². The first-order chi connectivity index (χ1) is 11.7. The standard InChI is InChI=1S/C19H25N3O2/c1-16(21-8-3-4-9-21)19(23)22-12-10-20(11-13-22)15-17-6-5-7-18(14-17)24-2/h3-9,14,16H,10-13,15H2,1-2H3/t16-/m0/s1. The Bertz CT molecular complexity index is 661. The Morgan fingerprint density at radius 2 is 1.83 bits per heavy atom. The van der Waals surface area contributed by atoms with E-state index in [0.717, 1.165) is 38.5 Å². The molecule has 5 heteroatoms. The molecule has 1 aromatic heterocycles. The van der Waals surface area contributed by atoms with E-state index in [0.29, 0.717) is 0 Å². The summed E-state index contributed by atoms with van der Waals surface area (Å²) in [6.45, 7) is 6.24. The number of benzene rings is 1. The van der Waals surface area contributed by atoms with Crippen LogP contribution in [0.25, 0.3) is 0 Å². The normalized spacial score (nSPS) is 16.8. The number of carbonyl (C=O) groups excluding carboxylic acids is 1. The largest absolute Gasteiger partial charge is 0.497 e. The van der Waals surface area contributed by atoms with Crippen molar-refractivity contribution >= 4 is 5.91 Å². The first kappa shape index (κ1) is 16.6. The fourth-order valence-corrected chi connectivity index (χ4v) is 3.15. The highest BCUT2D eigenvalue weighted by molar-refractivity contribution is 5.80. The fraction of sp³-hybridized carbons (Fsp3) is 0.421. The summed E-state index contributed by atoms with van der Waals surface area (Å²) in [5, 5.41) is 0. The molecule has 24 heavy (non-hydrogen) atoms. The Balaban J connectivity index is 1.53. The minimum atomic E-state index is -0.134. The van der Waals surface area contributed by atoms with Crippen molar-refractivity contribution in [3.63, 3.8) is 0 Å². The minimum Gasteiger partial charge on any atom is -0.497 e. The monoisotopic (exact) mass is 327 g/mol. The highest BCUT2D eigenvalue weighted by Gasteiger charge is 2.25. The molecule has 0 N–H and O–H groups in total. The van der Waals surface area contributed by atoms with E-state index in [1.165, 1.54) is 5.56 Å². The second-order valence-corrected chi connectivity index (χ2v) is 6.26. The van der Waals surface area contributed by atoms with Crippen molar-refractivity contribution in [2.45, 2.75) is 19.5 Å². The molecule has 1 aromatic carbocycles. The van der Waals surface area contributed by atoms with Gasteiger partial charge in [0.05, 0.1) is 7.11 Å². The van der Waals surface area contributed by atoms with Crippen LogP contribution in [0.5, 0.6) is 5.75 Å². The van der Waals surface area contributed by atoms with Crippen LogP contribution in [0.3, 0.4) is 0 Å². The van der Waals surface area contributed by atoms with E-state index in [1.807, 2.05) is 53.0 Å².